The maximum absolute atomic E-state index is 2.85. The van der Waals surface area contributed by atoms with Gasteiger partial charge in [-0.25, -0.2) is 0 Å². The molecule has 356 valence electrons. The number of anilines is 8. The van der Waals surface area contributed by atoms with E-state index in [1.165, 1.54) is 134 Å². The Bertz CT molecular complexity index is 3030. The Morgan fingerprint density at radius 3 is 1.52 bits per heavy atom. The minimum atomic E-state index is -0.130. The lowest BCUT2D eigenvalue weighted by Gasteiger charge is -2.49. The van der Waals surface area contributed by atoms with Gasteiger partial charge in [0, 0.05) is 50.9 Å². The zero-order chi connectivity index (χ0) is 49.0. The van der Waals surface area contributed by atoms with Gasteiger partial charge in [-0.3, -0.25) is 0 Å². The van der Waals surface area contributed by atoms with Crippen LogP contribution in [0.15, 0.2) is 115 Å². The van der Waals surface area contributed by atoms with E-state index in [9.17, 15) is 0 Å². The van der Waals surface area contributed by atoms with Crippen molar-refractivity contribution in [2.45, 2.75) is 187 Å². The zero-order valence-electron chi connectivity index (χ0n) is 44.8. The first kappa shape index (κ1) is 46.2. The van der Waals surface area contributed by atoms with E-state index in [1.807, 2.05) is 0 Å². The third-order valence-corrected chi connectivity index (χ3v) is 18.4. The highest BCUT2D eigenvalue weighted by atomic mass is 15.3. The Labute approximate surface area is 416 Å². The highest BCUT2D eigenvalue weighted by Crippen LogP contribution is 2.62. The monoisotopic (exact) mass is 912 g/mol. The quantitative estimate of drug-likeness (QED) is 0.164. The third-order valence-electron chi connectivity index (χ3n) is 18.4. The number of hydrogen-bond acceptors (Lipinski definition) is 3. The highest BCUT2D eigenvalue weighted by molar-refractivity contribution is 7.00. The van der Waals surface area contributed by atoms with Crippen molar-refractivity contribution in [2.75, 3.05) is 14.7 Å². The van der Waals surface area contributed by atoms with Gasteiger partial charge in [-0.05, 0) is 164 Å². The lowest BCUT2D eigenvalue weighted by Crippen LogP contribution is -2.62. The molecule has 2 atom stereocenters. The molecule has 5 aliphatic rings. The van der Waals surface area contributed by atoms with Crippen LogP contribution >= 0.6 is 0 Å². The number of nitrogens with zero attached hydrogens (tertiary/aromatic N) is 3. The van der Waals surface area contributed by atoms with E-state index in [2.05, 4.69) is 234 Å². The Morgan fingerprint density at radius 1 is 0.406 bits per heavy atom. The molecule has 1 fully saturated rings. The van der Waals surface area contributed by atoms with Gasteiger partial charge in [-0.1, -0.05) is 177 Å². The van der Waals surface area contributed by atoms with Gasteiger partial charge < -0.3 is 14.7 Å². The van der Waals surface area contributed by atoms with Gasteiger partial charge in [0.05, 0.1) is 5.54 Å². The average molecular weight is 912 g/mol. The molecule has 0 spiro atoms. The first-order valence-electron chi connectivity index (χ1n) is 26.6. The number of fused-ring (bicyclic) bond motifs is 8. The molecule has 1 saturated carbocycles. The summed E-state index contributed by atoms with van der Waals surface area (Å²) in [6.07, 6.45) is 8.48. The lowest BCUT2D eigenvalue weighted by molar-refractivity contribution is 0.261. The lowest BCUT2D eigenvalue weighted by atomic mass is 9.33. The Kier molecular flexibility index (Phi) is 10.1. The first-order valence-corrected chi connectivity index (χ1v) is 26.6. The highest BCUT2D eigenvalue weighted by Gasteiger charge is 2.58. The summed E-state index contributed by atoms with van der Waals surface area (Å²) in [5.74, 6) is 0. The average Bonchev–Trinajstić information content (AvgIpc) is 3.35. The molecule has 6 aromatic rings. The van der Waals surface area contributed by atoms with Gasteiger partial charge in [0.2, 0.25) is 0 Å². The van der Waals surface area contributed by atoms with Crippen LogP contribution in [-0.2, 0) is 32.5 Å². The second-order valence-corrected chi connectivity index (χ2v) is 26.9. The molecule has 0 bridgehead atoms. The summed E-state index contributed by atoms with van der Waals surface area (Å²) >= 11 is 0. The third kappa shape index (κ3) is 6.94. The molecular weight excluding hydrogens is 834 g/mol. The maximum atomic E-state index is 2.85. The minimum absolute atomic E-state index is 0.0165. The molecule has 2 unspecified atom stereocenters. The van der Waals surface area contributed by atoms with E-state index in [1.54, 1.807) is 0 Å². The fourth-order valence-electron chi connectivity index (χ4n) is 13.7. The van der Waals surface area contributed by atoms with Crippen molar-refractivity contribution in [1.29, 1.82) is 0 Å². The SMILES string of the molecule is CC(C)(C)c1ccc(N2c3ccc(C(C)(C)C)cc3B3c4cc5c(cc4N(c4ccccc4)c4cc(N6c7ccc(C(C)(C)C)cc7C7(C)CCCCCC67C)cc2c43)C(C)(C)CCC5(C)C)cc1. The normalized spacial score (nSPS) is 22.2. The first-order chi connectivity index (χ1) is 32.3. The van der Waals surface area contributed by atoms with Crippen LogP contribution in [0.3, 0.4) is 0 Å². The van der Waals surface area contributed by atoms with Gasteiger partial charge in [-0.15, -0.1) is 0 Å². The predicted octanol–water partition coefficient (Wildman–Crippen LogP) is 16.1. The molecule has 3 heterocycles. The Balaban J connectivity index is 1.28. The van der Waals surface area contributed by atoms with E-state index < -0.39 is 0 Å². The second-order valence-electron chi connectivity index (χ2n) is 26.9. The summed E-state index contributed by atoms with van der Waals surface area (Å²) in [4.78, 5) is 8.18. The topological polar surface area (TPSA) is 9.72 Å². The van der Waals surface area contributed by atoms with Crippen LogP contribution in [0, 0.1) is 0 Å². The summed E-state index contributed by atoms with van der Waals surface area (Å²) in [5, 5.41) is 0. The largest absolute Gasteiger partial charge is 0.334 e. The van der Waals surface area contributed by atoms with Crippen molar-refractivity contribution in [3.8, 4) is 0 Å². The molecule has 4 heteroatoms. The van der Waals surface area contributed by atoms with Crippen molar-refractivity contribution in [3.05, 3.63) is 149 Å². The van der Waals surface area contributed by atoms with Crippen LogP contribution in [-0.4, -0.2) is 12.3 Å². The second kappa shape index (κ2) is 15.1. The van der Waals surface area contributed by atoms with Crippen LogP contribution in [0.25, 0.3) is 0 Å². The Hall–Kier alpha value is -5.22. The van der Waals surface area contributed by atoms with E-state index >= 15 is 0 Å². The number of benzene rings is 6. The number of rotatable bonds is 3. The van der Waals surface area contributed by atoms with Gasteiger partial charge in [0.25, 0.3) is 6.71 Å². The molecule has 69 heavy (non-hydrogen) atoms. The standard InChI is InChI=1S/C65H78BN3/c1-59(2,3)42-24-28-46(29-25-42)67-54-31-27-44(61(7,8)9)37-51(54)66-52-40-48-49(63(12,13)35-34-62(48,10)11)41-55(52)68(45-22-18-16-19-23-45)57-39-47(38-56(67)58(57)66)69-53-30-26-43(60(4,5)6)36-50(53)64(14)32-20-17-21-33-65(64,69)15/h16,18-19,22-31,36-41H,17,20-21,32-35H2,1-15H3. The number of hydrogen-bond donors (Lipinski definition) is 0. The zero-order valence-corrected chi connectivity index (χ0v) is 44.8. The summed E-state index contributed by atoms with van der Waals surface area (Å²) < 4.78 is 0. The van der Waals surface area contributed by atoms with E-state index in [4.69, 9.17) is 0 Å². The van der Waals surface area contributed by atoms with Gasteiger partial charge in [0.1, 0.15) is 0 Å². The van der Waals surface area contributed by atoms with E-state index in [-0.39, 0.29) is 44.7 Å². The maximum Gasteiger partial charge on any atom is 0.252 e. The molecule has 3 aliphatic heterocycles. The van der Waals surface area contributed by atoms with Crippen molar-refractivity contribution in [1.82, 2.24) is 0 Å². The fourth-order valence-corrected chi connectivity index (χ4v) is 13.7. The van der Waals surface area contributed by atoms with Crippen molar-refractivity contribution in [2.24, 2.45) is 0 Å². The number of para-hydroxylation sites is 1. The summed E-state index contributed by atoms with van der Waals surface area (Å²) in [6, 6.07) is 46.5. The van der Waals surface area contributed by atoms with Crippen LogP contribution in [0.5, 0.6) is 0 Å². The van der Waals surface area contributed by atoms with Crippen LogP contribution in [0.4, 0.5) is 45.5 Å². The van der Waals surface area contributed by atoms with Gasteiger partial charge in [0.15, 0.2) is 0 Å². The minimum Gasteiger partial charge on any atom is -0.334 e. The van der Waals surface area contributed by atoms with Gasteiger partial charge >= 0.3 is 0 Å². The molecule has 0 amide bonds. The van der Waals surface area contributed by atoms with Crippen molar-refractivity contribution >= 4 is 68.6 Å². The van der Waals surface area contributed by atoms with E-state index in [0.29, 0.717) is 0 Å². The summed E-state index contributed by atoms with van der Waals surface area (Å²) in [6.45, 7) is 36.5. The molecule has 6 aromatic carbocycles. The van der Waals surface area contributed by atoms with E-state index in [0.717, 1.165) is 6.42 Å². The molecule has 0 N–H and O–H groups in total. The predicted molar refractivity (Wildman–Crippen MR) is 299 cm³/mol. The van der Waals surface area contributed by atoms with Gasteiger partial charge in [-0.2, -0.15) is 0 Å². The molecular formula is C65H78BN3. The summed E-state index contributed by atoms with van der Waals surface area (Å²) in [7, 11) is 0. The molecule has 2 aliphatic carbocycles. The molecule has 0 saturated heterocycles. The fraction of sp³-hybridized carbons (Fsp3) is 0.446. The smallest absolute Gasteiger partial charge is 0.252 e. The molecule has 3 nitrogen and oxygen atoms in total. The van der Waals surface area contributed by atoms with Crippen molar-refractivity contribution in [3.63, 3.8) is 0 Å². The summed E-state index contributed by atoms with van der Waals surface area (Å²) in [5.41, 5.74) is 23.2. The van der Waals surface area contributed by atoms with Crippen molar-refractivity contribution < 1.29 is 0 Å². The van der Waals surface area contributed by atoms with Crippen LogP contribution < -0.4 is 31.1 Å². The van der Waals surface area contributed by atoms with Crippen LogP contribution in [0.1, 0.15) is 182 Å². The van der Waals surface area contributed by atoms with Crippen LogP contribution in [0.2, 0.25) is 0 Å². The Morgan fingerprint density at radius 2 is 0.913 bits per heavy atom. The molecule has 0 radical (unpaired) electrons. The molecule has 0 aromatic heterocycles. The molecule has 11 rings (SSSR count).